The summed E-state index contributed by atoms with van der Waals surface area (Å²) in [7, 11) is 0. The molecule has 2 heterocycles. The Balaban J connectivity index is 1.10. The van der Waals surface area contributed by atoms with Crippen molar-refractivity contribution in [1.82, 2.24) is 4.90 Å². The smallest absolute Gasteiger partial charge is 0.410 e. The monoisotopic (exact) mass is 459 g/mol. The molecule has 0 saturated carbocycles. The summed E-state index contributed by atoms with van der Waals surface area (Å²) >= 11 is 0. The fourth-order valence-corrected chi connectivity index (χ4v) is 6.71. The van der Waals surface area contributed by atoms with E-state index in [4.69, 9.17) is 4.74 Å². The van der Waals surface area contributed by atoms with Gasteiger partial charge in [0.15, 0.2) is 0 Å². The molecule has 2 unspecified atom stereocenters. The van der Waals surface area contributed by atoms with E-state index in [0.29, 0.717) is 6.61 Å². The number of hydrogen-bond donors (Lipinski definition) is 0. The van der Waals surface area contributed by atoms with Crippen molar-refractivity contribution in [3.63, 3.8) is 0 Å². The molecule has 1 fully saturated rings. The number of benzene rings is 3. The van der Waals surface area contributed by atoms with Crippen LogP contribution in [0.4, 0.5) is 4.79 Å². The summed E-state index contributed by atoms with van der Waals surface area (Å²) in [5.74, 6) is 0.101. The fourth-order valence-electron chi connectivity index (χ4n) is 6.71. The molecule has 174 valence electrons. The highest BCUT2D eigenvalue weighted by atomic mass is 16.6. The van der Waals surface area contributed by atoms with E-state index in [0.717, 1.165) is 25.7 Å². The molecule has 0 aromatic heterocycles. The molecule has 1 amide bonds. The van der Waals surface area contributed by atoms with Crippen LogP contribution in [0.5, 0.6) is 0 Å². The number of fused-ring (bicyclic) bond motifs is 6. The molecule has 2 aliphatic carbocycles. The van der Waals surface area contributed by atoms with Crippen molar-refractivity contribution < 1.29 is 9.53 Å². The molecular formula is C32H29NO2. The Hall–Kier alpha value is -3.59. The van der Waals surface area contributed by atoms with Crippen LogP contribution in [0.2, 0.25) is 0 Å². The van der Waals surface area contributed by atoms with Crippen molar-refractivity contribution in [1.29, 1.82) is 0 Å². The normalized spacial score (nSPS) is 22.1. The summed E-state index contributed by atoms with van der Waals surface area (Å²) in [6.07, 6.45) is 9.73. The van der Waals surface area contributed by atoms with Gasteiger partial charge in [0.2, 0.25) is 0 Å². The van der Waals surface area contributed by atoms with Crippen LogP contribution in [0.3, 0.4) is 0 Å². The van der Waals surface area contributed by atoms with Gasteiger partial charge >= 0.3 is 6.09 Å². The van der Waals surface area contributed by atoms with Crippen LogP contribution in [-0.4, -0.2) is 29.7 Å². The van der Waals surface area contributed by atoms with Crippen LogP contribution in [-0.2, 0) is 11.2 Å². The second-order valence-corrected chi connectivity index (χ2v) is 10.3. The van der Waals surface area contributed by atoms with Crippen molar-refractivity contribution in [3.05, 3.63) is 112 Å². The zero-order valence-corrected chi connectivity index (χ0v) is 19.8. The molecule has 3 aromatic rings. The lowest BCUT2D eigenvalue weighted by Crippen LogP contribution is -2.52. The molecule has 2 atom stereocenters. The number of piperidine rings is 1. The minimum atomic E-state index is -0.152. The highest BCUT2D eigenvalue weighted by molar-refractivity contribution is 5.79. The molecule has 0 radical (unpaired) electrons. The molecular weight excluding hydrogens is 430 g/mol. The number of carbonyl (C=O) groups is 1. The summed E-state index contributed by atoms with van der Waals surface area (Å²) < 4.78 is 6.07. The molecule has 4 aliphatic rings. The average molecular weight is 460 g/mol. The molecule has 3 nitrogen and oxygen atoms in total. The SMILES string of the molecule is O=C(OCC1c2ccccc2-c2ccccc21)N1C2C=C(C3=Cc4ccccc4C3)CC1CCC2. The molecule has 35 heavy (non-hydrogen) atoms. The molecule has 2 aliphatic heterocycles. The van der Waals surface area contributed by atoms with E-state index >= 15 is 0 Å². The van der Waals surface area contributed by atoms with Crippen molar-refractivity contribution in [2.24, 2.45) is 0 Å². The maximum atomic E-state index is 13.5. The van der Waals surface area contributed by atoms with Crippen LogP contribution in [0.1, 0.15) is 53.9 Å². The first-order valence-corrected chi connectivity index (χ1v) is 12.9. The van der Waals surface area contributed by atoms with Gasteiger partial charge in [0.1, 0.15) is 6.61 Å². The Morgan fingerprint density at radius 1 is 0.857 bits per heavy atom. The maximum absolute atomic E-state index is 13.5. The van der Waals surface area contributed by atoms with Crippen LogP contribution < -0.4 is 0 Å². The lowest BCUT2D eigenvalue weighted by molar-refractivity contribution is 0.0514. The summed E-state index contributed by atoms with van der Waals surface area (Å²) in [6.45, 7) is 0.389. The largest absolute Gasteiger partial charge is 0.448 e. The molecule has 0 N–H and O–H groups in total. The number of carbonyl (C=O) groups excluding carboxylic acids is 1. The Bertz CT molecular complexity index is 1340. The van der Waals surface area contributed by atoms with Gasteiger partial charge in [-0.3, -0.25) is 4.90 Å². The molecule has 2 bridgehead atoms. The van der Waals surface area contributed by atoms with E-state index in [-0.39, 0.29) is 24.1 Å². The summed E-state index contributed by atoms with van der Waals surface area (Å²) in [4.78, 5) is 15.5. The van der Waals surface area contributed by atoms with Gasteiger partial charge in [-0.05, 0) is 76.6 Å². The minimum absolute atomic E-state index is 0.101. The second-order valence-electron chi connectivity index (χ2n) is 10.3. The average Bonchev–Trinajstić information content (AvgIpc) is 3.46. The van der Waals surface area contributed by atoms with Gasteiger partial charge in [0, 0.05) is 12.0 Å². The molecule has 3 aromatic carbocycles. The summed E-state index contributed by atoms with van der Waals surface area (Å²) in [6, 6.07) is 26.1. The molecule has 1 saturated heterocycles. The molecule has 3 heteroatoms. The van der Waals surface area contributed by atoms with Crippen molar-refractivity contribution in [2.75, 3.05) is 6.61 Å². The Morgan fingerprint density at radius 3 is 2.31 bits per heavy atom. The van der Waals surface area contributed by atoms with Crippen LogP contribution >= 0.6 is 0 Å². The van der Waals surface area contributed by atoms with Gasteiger partial charge in [0.25, 0.3) is 0 Å². The zero-order chi connectivity index (χ0) is 23.4. The van der Waals surface area contributed by atoms with E-state index in [2.05, 4.69) is 84.9 Å². The van der Waals surface area contributed by atoms with Gasteiger partial charge in [0.05, 0.1) is 6.04 Å². The lowest BCUT2D eigenvalue weighted by Gasteiger charge is -2.44. The first-order valence-electron chi connectivity index (χ1n) is 12.9. The van der Waals surface area contributed by atoms with Crippen molar-refractivity contribution in [3.8, 4) is 11.1 Å². The van der Waals surface area contributed by atoms with Gasteiger partial charge in [-0.2, -0.15) is 0 Å². The van der Waals surface area contributed by atoms with Crippen LogP contribution in [0.15, 0.2) is 90.0 Å². The number of ether oxygens (including phenoxy) is 1. The van der Waals surface area contributed by atoms with Crippen LogP contribution in [0, 0.1) is 0 Å². The highest BCUT2D eigenvalue weighted by Gasteiger charge is 2.39. The second kappa shape index (κ2) is 8.27. The fraction of sp³-hybridized carbons (Fsp3) is 0.281. The number of nitrogens with zero attached hydrogens (tertiary/aromatic N) is 1. The number of rotatable bonds is 3. The first-order chi connectivity index (χ1) is 17.3. The van der Waals surface area contributed by atoms with Gasteiger partial charge < -0.3 is 4.74 Å². The van der Waals surface area contributed by atoms with E-state index < -0.39 is 0 Å². The van der Waals surface area contributed by atoms with Gasteiger partial charge in [-0.15, -0.1) is 0 Å². The minimum Gasteiger partial charge on any atom is -0.448 e. The Morgan fingerprint density at radius 2 is 1.57 bits per heavy atom. The van der Waals surface area contributed by atoms with Gasteiger partial charge in [-0.25, -0.2) is 4.79 Å². The third kappa shape index (κ3) is 3.44. The standard InChI is InChI=1S/C32H29NO2/c34-32(35-20-31-29-14-5-3-12-27(29)28-13-4-6-15-30(28)31)33-25-10-7-11-26(33)19-24(18-25)23-16-21-8-1-2-9-22(21)17-23/h1-6,8-9,12-16,18,25-26,31H,7,10-11,17,19-20H2. The predicted molar refractivity (Wildman–Crippen MR) is 139 cm³/mol. The number of amides is 1. The topological polar surface area (TPSA) is 29.5 Å². The summed E-state index contributed by atoms with van der Waals surface area (Å²) in [5, 5.41) is 0. The van der Waals surface area contributed by atoms with Crippen LogP contribution in [0.25, 0.3) is 17.2 Å². The van der Waals surface area contributed by atoms with Crippen molar-refractivity contribution in [2.45, 2.75) is 50.1 Å². The van der Waals surface area contributed by atoms with E-state index in [9.17, 15) is 4.79 Å². The van der Waals surface area contributed by atoms with E-state index in [1.54, 1.807) is 0 Å². The highest BCUT2D eigenvalue weighted by Crippen LogP contribution is 2.45. The van der Waals surface area contributed by atoms with E-state index in [1.165, 1.54) is 50.9 Å². The van der Waals surface area contributed by atoms with Crippen molar-refractivity contribution >= 4 is 12.2 Å². The quantitative estimate of drug-likeness (QED) is 0.417. The predicted octanol–water partition coefficient (Wildman–Crippen LogP) is 7.13. The van der Waals surface area contributed by atoms with E-state index in [1.807, 2.05) is 4.90 Å². The maximum Gasteiger partial charge on any atom is 0.410 e. The third-order valence-corrected chi connectivity index (χ3v) is 8.36. The first kappa shape index (κ1) is 20.8. The molecule has 7 rings (SSSR count). The molecule has 0 spiro atoms. The third-order valence-electron chi connectivity index (χ3n) is 8.36. The Kier molecular flexibility index (Phi) is 4.90. The lowest BCUT2D eigenvalue weighted by atomic mass is 9.82. The summed E-state index contributed by atoms with van der Waals surface area (Å²) in [5.41, 5.74) is 10.6. The Labute approximate surface area is 206 Å². The zero-order valence-electron chi connectivity index (χ0n) is 19.8. The number of allylic oxidation sites excluding steroid dienone is 1. The number of hydrogen-bond acceptors (Lipinski definition) is 2. The van der Waals surface area contributed by atoms with Gasteiger partial charge in [-0.1, -0.05) is 84.9 Å².